The Morgan fingerprint density at radius 3 is 2.70 bits per heavy atom. The Bertz CT molecular complexity index is 620. The molecule has 0 amide bonds. The average molecular weight is 307 g/mol. The third kappa shape index (κ3) is 2.79. The summed E-state index contributed by atoms with van der Waals surface area (Å²) in [4.78, 5) is 0. The molecule has 20 heavy (non-hydrogen) atoms. The van der Waals surface area contributed by atoms with Crippen molar-refractivity contribution in [3.8, 4) is 5.75 Å². The van der Waals surface area contributed by atoms with E-state index in [0.717, 1.165) is 35.8 Å². The van der Waals surface area contributed by atoms with Crippen LogP contribution in [0.1, 0.15) is 27.6 Å². The summed E-state index contributed by atoms with van der Waals surface area (Å²) < 4.78 is 5.72. The molecule has 3 heteroatoms. The predicted molar refractivity (Wildman–Crippen MR) is 84.1 cm³/mol. The number of rotatable bonds is 3. The van der Waals surface area contributed by atoms with Gasteiger partial charge in [0.15, 0.2) is 0 Å². The molecule has 104 valence electrons. The fraction of sp³-hybridized carbons (Fsp3) is 0.294. The monoisotopic (exact) mass is 306 g/mol. The summed E-state index contributed by atoms with van der Waals surface area (Å²) in [6.45, 7) is 2.80. The van der Waals surface area contributed by atoms with Crippen LogP contribution in [-0.2, 0) is 12.8 Å². The van der Waals surface area contributed by atoms with Crippen molar-refractivity contribution in [2.24, 2.45) is 0 Å². The normalized spacial score (nSPS) is 14.8. The van der Waals surface area contributed by atoms with Crippen molar-refractivity contribution in [2.75, 3.05) is 6.61 Å². The van der Waals surface area contributed by atoms with Crippen molar-refractivity contribution in [3.63, 3.8) is 0 Å². The van der Waals surface area contributed by atoms with Crippen LogP contribution < -0.4 is 4.74 Å². The lowest BCUT2D eigenvalue weighted by molar-refractivity contribution is 0.353. The summed E-state index contributed by atoms with van der Waals surface area (Å²) in [5, 5.41) is 0.613. The minimum Gasteiger partial charge on any atom is -0.493 e. The fourth-order valence-electron chi connectivity index (χ4n) is 2.57. The Kier molecular flexibility index (Phi) is 3.91. The van der Waals surface area contributed by atoms with Gasteiger partial charge in [-0.05, 0) is 36.6 Å². The molecule has 0 bridgehead atoms. The smallest absolute Gasteiger partial charge is 0.127 e. The first kappa shape index (κ1) is 13.8. The molecule has 0 fully saturated rings. The van der Waals surface area contributed by atoms with E-state index in [-0.39, 0.29) is 5.38 Å². The zero-order chi connectivity index (χ0) is 14.1. The third-order valence-corrected chi connectivity index (χ3v) is 4.26. The lowest BCUT2D eigenvalue weighted by atomic mass is 10.00. The SMILES string of the molecule is Cc1ccc(CC(Cl)c2cc(Cl)cc3c2OCC3)cc1. The zero-order valence-corrected chi connectivity index (χ0v) is 12.8. The number of alkyl halides is 1. The molecule has 0 radical (unpaired) electrons. The number of hydrogen-bond donors (Lipinski definition) is 0. The number of ether oxygens (including phenoxy) is 1. The molecule has 1 aliphatic rings. The maximum absolute atomic E-state index is 6.60. The molecule has 2 aromatic carbocycles. The molecule has 2 aromatic rings. The maximum Gasteiger partial charge on any atom is 0.127 e. The van der Waals surface area contributed by atoms with Crippen LogP contribution in [0.3, 0.4) is 0 Å². The highest BCUT2D eigenvalue weighted by molar-refractivity contribution is 6.31. The molecule has 1 nitrogen and oxygen atoms in total. The molecule has 1 atom stereocenters. The highest BCUT2D eigenvalue weighted by Gasteiger charge is 2.22. The largest absolute Gasteiger partial charge is 0.493 e. The van der Waals surface area contributed by atoms with E-state index < -0.39 is 0 Å². The molecule has 0 aliphatic carbocycles. The van der Waals surface area contributed by atoms with Crippen LogP contribution in [0.5, 0.6) is 5.75 Å². The molecule has 0 spiro atoms. The van der Waals surface area contributed by atoms with Crippen LogP contribution in [0.2, 0.25) is 5.02 Å². The second kappa shape index (κ2) is 5.67. The van der Waals surface area contributed by atoms with E-state index in [4.69, 9.17) is 27.9 Å². The first-order valence-corrected chi connectivity index (χ1v) is 7.59. The van der Waals surface area contributed by atoms with Crippen molar-refractivity contribution in [3.05, 3.63) is 63.7 Å². The molecule has 0 saturated heterocycles. The maximum atomic E-state index is 6.60. The second-order valence-electron chi connectivity index (χ2n) is 5.24. The van der Waals surface area contributed by atoms with Gasteiger partial charge in [0.2, 0.25) is 0 Å². The van der Waals surface area contributed by atoms with Gasteiger partial charge in [0.1, 0.15) is 5.75 Å². The lowest BCUT2D eigenvalue weighted by Gasteiger charge is -2.14. The summed E-state index contributed by atoms with van der Waals surface area (Å²) >= 11 is 12.8. The third-order valence-electron chi connectivity index (χ3n) is 3.65. The molecule has 1 aliphatic heterocycles. The van der Waals surface area contributed by atoms with E-state index >= 15 is 0 Å². The van der Waals surface area contributed by atoms with Crippen molar-refractivity contribution in [2.45, 2.75) is 25.1 Å². The standard InChI is InChI=1S/C17H16Cl2O/c1-11-2-4-12(5-3-11)8-16(19)15-10-14(18)9-13-6-7-20-17(13)15/h2-5,9-10,16H,6-8H2,1H3. The molecule has 0 saturated carbocycles. The van der Waals surface area contributed by atoms with Crippen molar-refractivity contribution in [1.29, 1.82) is 0 Å². The topological polar surface area (TPSA) is 9.23 Å². The Morgan fingerprint density at radius 1 is 1.20 bits per heavy atom. The molecular weight excluding hydrogens is 291 g/mol. The predicted octanol–water partition coefficient (Wildman–Crippen LogP) is 5.11. The molecule has 1 heterocycles. The first-order valence-electron chi connectivity index (χ1n) is 6.78. The molecule has 0 N–H and O–H groups in total. The highest BCUT2D eigenvalue weighted by Crippen LogP contribution is 2.39. The van der Waals surface area contributed by atoms with Crippen LogP contribution in [-0.4, -0.2) is 6.61 Å². The van der Waals surface area contributed by atoms with Gasteiger partial charge in [-0.1, -0.05) is 41.4 Å². The van der Waals surface area contributed by atoms with Crippen LogP contribution >= 0.6 is 23.2 Å². The summed E-state index contributed by atoms with van der Waals surface area (Å²) in [6, 6.07) is 12.4. The number of benzene rings is 2. The quantitative estimate of drug-likeness (QED) is 0.716. The molecule has 0 aromatic heterocycles. The van der Waals surface area contributed by atoms with E-state index in [1.54, 1.807) is 0 Å². The zero-order valence-electron chi connectivity index (χ0n) is 11.3. The average Bonchev–Trinajstić information content (AvgIpc) is 2.88. The second-order valence-corrected chi connectivity index (χ2v) is 6.20. The summed E-state index contributed by atoms with van der Waals surface area (Å²) in [7, 11) is 0. The minimum absolute atomic E-state index is 0.122. The fourth-order valence-corrected chi connectivity index (χ4v) is 3.16. The number of fused-ring (bicyclic) bond motifs is 1. The molecule has 3 rings (SSSR count). The lowest BCUT2D eigenvalue weighted by Crippen LogP contribution is -1.99. The first-order chi connectivity index (χ1) is 9.63. The van der Waals surface area contributed by atoms with E-state index in [2.05, 4.69) is 31.2 Å². The van der Waals surface area contributed by atoms with Gasteiger partial charge in [-0.15, -0.1) is 11.6 Å². The van der Waals surface area contributed by atoms with Crippen molar-refractivity contribution in [1.82, 2.24) is 0 Å². The Hall–Kier alpha value is -1.18. The van der Waals surface area contributed by atoms with Gasteiger partial charge >= 0.3 is 0 Å². The number of hydrogen-bond acceptors (Lipinski definition) is 1. The number of halogens is 2. The summed E-state index contributed by atoms with van der Waals surface area (Å²) in [5.74, 6) is 0.932. The van der Waals surface area contributed by atoms with Crippen molar-refractivity contribution < 1.29 is 4.74 Å². The van der Waals surface area contributed by atoms with E-state index in [1.807, 2.05) is 12.1 Å². The number of aryl methyl sites for hydroxylation is 1. The Balaban J connectivity index is 1.87. The van der Waals surface area contributed by atoms with Gasteiger partial charge in [-0.3, -0.25) is 0 Å². The van der Waals surface area contributed by atoms with Crippen LogP contribution in [0, 0.1) is 6.92 Å². The van der Waals surface area contributed by atoms with Gasteiger partial charge < -0.3 is 4.74 Å². The van der Waals surface area contributed by atoms with E-state index in [1.165, 1.54) is 16.7 Å². The Labute approximate surface area is 129 Å². The van der Waals surface area contributed by atoms with E-state index in [0.29, 0.717) is 0 Å². The Morgan fingerprint density at radius 2 is 1.95 bits per heavy atom. The highest BCUT2D eigenvalue weighted by atomic mass is 35.5. The summed E-state index contributed by atoms with van der Waals surface area (Å²) in [6.07, 6.45) is 1.69. The van der Waals surface area contributed by atoms with Gasteiger partial charge in [0.05, 0.1) is 12.0 Å². The van der Waals surface area contributed by atoms with Gasteiger partial charge in [-0.2, -0.15) is 0 Å². The van der Waals surface area contributed by atoms with Crippen LogP contribution in [0.4, 0.5) is 0 Å². The summed E-state index contributed by atoms with van der Waals surface area (Å²) in [5.41, 5.74) is 4.66. The van der Waals surface area contributed by atoms with Gasteiger partial charge in [-0.25, -0.2) is 0 Å². The molecule has 1 unspecified atom stereocenters. The molecular formula is C17H16Cl2O. The van der Waals surface area contributed by atoms with Gasteiger partial charge in [0, 0.05) is 17.0 Å². The minimum atomic E-state index is -0.122. The van der Waals surface area contributed by atoms with Crippen LogP contribution in [0.15, 0.2) is 36.4 Å². The van der Waals surface area contributed by atoms with Crippen LogP contribution in [0.25, 0.3) is 0 Å². The van der Waals surface area contributed by atoms with E-state index in [9.17, 15) is 0 Å². The van der Waals surface area contributed by atoms with Gasteiger partial charge in [0.25, 0.3) is 0 Å². The van der Waals surface area contributed by atoms with Crippen molar-refractivity contribution >= 4 is 23.2 Å².